The number of nitrogens with zero attached hydrogens (tertiary/aromatic N) is 1. The smallest absolute Gasteiger partial charge is 0.196 e. The number of hydrogen-bond acceptors (Lipinski definition) is 3. The first-order valence-electron chi connectivity index (χ1n) is 3.29. The zero-order valence-corrected chi connectivity index (χ0v) is 6.16. The highest BCUT2D eigenvalue weighted by Gasteiger charge is 2.05. The van der Waals surface area contributed by atoms with E-state index in [4.69, 9.17) is 9.52 Å². The van der Waals surface area contributed by atoms with E-state index in [1.165, 1.54) is 6.26 Å². The van der Waals surface area contributed by atoms with Crippen molar-refractivity contribution in [3.63, 3.8) is 0 Å². The highest BCUT2D eigenvalue weighted by molar-refractivity contribution is 4.97. The molecule has 1 aromatic rings. The van der Waals surface area contributed by atoms with E-state index in [-0.39, 0.29) is 6.61 Å². The highest BCUT2D eigenvalue weighted by Crippen LogP contribution is 2.12. The van der Waals surface area contributed by atoms with Gasteiger partial charge in [0.2, 0.25) is 0 Å². The Morgan fingerprint density at radius 2 is 2.40 bits per heavy atom. The van der Waals surface area contributed by atoms with Gasteiger partial charge in [0.15, 0.2) is 5.89 Å². The fourth-order valence-electron chi connectivity index (χ4n) is 0.660. The molecule has 1 heterocycles. The summed E-state index contributed by atoms with van der Waals surface area (Å²) in [7, 11) is 0. The van der Waals surface area contributed by atoms with Crippen molar-refractivity contribution in [2.24, 2.45) is 0 Å². The average Bonchev–Trinajstić information content (AvgIpc) is 2.34. The van der Waals surface area contributed by atoms with Gasteiger partial charge in [0.1, 0.15) is 12.0 Å². The third-order valence-electron chi connectivity index (χ3n) is 1.23. The van der Waals surface area contributed by atoms with Crippen molar-refractivity contribution in [3.8, 4) is 0 Å². The molecule has 0 aliphatic heterocycles. The van der Waals surface area contributed by atoms with Gasteiger partial charge in [-0.1, -0.05) is 13.8 Å². The van der Waals surface area contributed by atoms with Crippen LogP contribution in [0.3, 0.4) is 0 Å². The van der Waals surface area contributed by atoms with Crippen molar-refractivity contribution in [1.29, 1.82) is 0 Å². The van der Waals surface area contributed by atoms with Crippen molar-refractivity contribution >= 4 is 0 Å². The van der Waals surface area contributed by atoms with Gasteiger partial charge in [-0.2, -0.15) is 0 Å². The molecule has 1 aromatic heterocycles. The van der Waals surface area contributed by atoms with Crippen LogP contribution in [-0.2, 0) is 6.61 Å². The lowest BCUT2D eigenvalue weighted by molar-refractivity contribution is 0.276. The summed E-state index contributed by atoms with van der Waals surface area (Å²) in [5.41, 5.74) is 0.601. The first kappa shape index (κ1) is 7.28. The lowest BCUT2D eigenvalue weighted by atomic mass is 10.2. The van der Waals surface area contributed by atoms with Crippen LogP contribution in [-0.4, -0.2) is 10.1 Å². The maximum Gasteiger partial charge on any atom is 0.196 e. The average molecular weight is 141 g/mol. The number of oxazole rings is 1. The Kier molecular flexibility index (Phi) is 2.06. The molecule has 0 aliphatic rings. The maximum absolute atomic E-state index is 8.61. The molecule has 0 radical (unpaired) electrons. The molecule has 0 aliphatic carbocycles. The van der Waals surface area contributed by atoms with Crippen molar-refractivity contribution in [1.82, 2.24) is 4.98 Å². The molecule has 0 aromatic carbocycles. The van der Waals surface area contributed by atoms with Crippen LogP contribution in [0, 0.1) is 0 Å². The van der Waals surface area contributed by atoms with Gasteiger partial charge < -0.3 is 9.52 Å². The van der Waals surface area contributed by atoms with Crippen LogP contribution < -0.4 is 0 Å². The summed E-state index contributed by atoms with van der Waals surface area (Å²) in [5, 5.41) is 8.61. The second-order valence-electron chi connectivity index (χ2n) is 2.49. The van der Waals surface area contributed by atoms with Gasteiger partial charge >= 0.3 is 0 Å². The molecule has 0 spiro atoms. The van der Waals surface area contributed by atoms with Gasteiger partial charge in [-0.25, -0.2) is 4.98 Å². The van der Waals surface area contributed by atoms with Crippen LogP contribution in [0.2, 0.25) is 0 Å². The van der Waals surface area contributed by atoms with Gasteiger partial charge in [0, 0.05) is 5.92 Å². The summed E-state index contributed by atoms with van der Waals surface area (Å²) in [5.74, 6) is 0.976. The Hall–Kier alpha value is -0.830. The van der Waals surface area contributed by atoms with E-state index in [2.05, 4.69) is 4.98 Å². The molecule has 3 heteroatoms. The van der Waals surface area contributed by atoms with Gasteiger partial charge in [0.25, 0.3) is 0 Å². The third-order valence-corrected chi connectivity index (χ3v) is 1.23. The Morgan fingerprint density at radius 1 is 1.70 bits per heavy atom. The number of aromatic nitrogens is 1. The molecular weight excluding hydrogens is 130 g/mol. The quantitative estimate of drug-likeness (QED) is 0.675. The largest absolute Gasteiger partial charge is 0.448 e. The summed E-state index contributed by atoms with van der Waals surface area (Å²) in [4.78, 5) is 4.01. The lowest BCUT2D eigenvalue weighted by Gasteiger charge is -1.93. The molecule has 0 atom stereocenters. The van der Waals surface area contributed by atoms with Gasteiger partial charge in [-0.15, -0.1) is 0 Å². The minimum Gasteiger partial charge on any atom is -0.448 e. The minimum atomic E-state index is -0.0454. The third kappa shape index (κ3) is 1.36. The standard InChI is InChI=1S/C7H11NO2/c1-5(2)7-8-6(3-9)4-10-7/h4-5,9H,3H2,1-2H3. The molecule has 0 fully saturated rings. The molecule has 0 saturated heterocycles. The number of rotatable bonds is 2. The molecule has 10 heavy (non-hydrogen) atoms. The van der Waals surface area contributed by atoms with Gasteiger partial charge in [-0.3, -0.25) is 0 Å². The predicted octanol–water partition coefficient (Wildman–Crippen LogP) is 1.29. The second kappa shape index (κ2) is 2.84. The van der Waals surface area contributed by atoms with E-state index < -0.39 is 0 Å². The zero-order valence-electron chi connectivity index (χ0n) is 6.16. The molecule has 1 rings (SSSR count). The normalized spacial score (nSPS) is 10.8. The Bertz CT molecular complexity index is 205. The zero-order chi connectivity index (χ0) is 7.56. The second-order valence-corrected chi connectivity index (χ2v) is 2.49. The molecule has 3 nitrogen and oxygen atoms in total. The Morgan fingerprint density at radius 3 is 2.70 bits per heavy atom. The van der Waals surface area contributed by atoms with Crippen LogP contribution in [0.5, 0.6) is 0 Å². The summed E-state index contributed by atoms with van der Waals surface area (Å²) in [6, 6.07) is 0. The highest BCUT2D eigenvalue weighted by atomic mass is 16.3. The fourth-order valence-corrected chi connectivity index (χ4v) is 0.660. The predicted molar refractivity (Wildman–Crippen MR) is 36.5 cm³/mol. The lowest BCUT2D eigenvalue weighted by Crippen LogP contribution is -1.88. The molecule has 0 bridgehead atoms. The molecule has 0 unspecified atom stereocenters. The number of aliphatic hydroxyl groups excluding tert-OH is 1. The number of aliphatic hydroxyl groups is 1. The number of hydrogen-bond donors (Lipinski definition) is 1. The van der Waals surface area contributed by atoms with Crippen LogP contribution in [0.15, 0.2) is 10.7 Å². The van der Waals surface area contributed by atoms with E-state index >= 15 is 0 Å². The van der Waals surface area contributed by atoms with Gasteiger partial charge in [0.05, 0.1) is 6.61 Å². The monoisotopic (exact) mass is 141 g/mol. The van der Waals surface area contributed by atoms with Crippen LogP contribution in [0.4, 0.5) is 0 Å². The summed E-state index contributed by atoms with van der Waals surface area (Å²) < 4.78 is 5.05. The molecular formula is C7H11NO2. The van der Waals surface area contributed by atoms with Crippen molar-refractivity contribution in [3.05, 3.63) is 17.8 Å². The van der Waals surface area contributed by atoms with Crippen LogP contribution in [0.1, 0.15) is 31.4 Å². The van der Waals surface area contributed by atoms with E-state index in [1.807, 2.05) is 13.8 Å². The van der Waals surface area contributed by atoms with E-state index in [9.17, 15) is 0 Å². The van der Waals surface area contributed by atoms with E-state index in [0.29, 0.717) is 17.5 Å². The van der Waals surface area contributed by atoms with Gasteiger partial charge in [-0.05, 0) is 0 Å². The first-order chi connectivity index (χ1) is 4.74. The fraction of sp³-hybridized carbons (Fsp3) is 0.571. The van der Waals surface area contributed by atoms with E-state index in [0.717, 1.165) is 0 Å². The Labute approximate surface area is 59.7 Å². The molecule has 56 valence electrons. The minimum absolute atomic E-state index is 0.0454. The van der Waals surface area contributed by atoms with E-state index in [1.54, 1.807) is 0 Å². The van der Waals surface area contributed by atoms with Crippen LogP contribution in [0.25, 0.3) is 0 Å². The van der Waals surface area contributed by atoms with Crippen molar-refractivity contribution in [2.45, 2.75) is 26.4 Å². The Balaban J connectivity index is 2.78. The van der Waals surface area contributed by atoms with Crippen LogP contribution >= 0.6 is 0 Å². The maximum atomic E-state index is 8.61. The summed E-state index contributed by atoms with van der Waals surface area (Å²) >= 11 is 0. The molecule has 1 N–H and O–H groups in total. The van der Waals surface area contributed by atoms with Crippen molar-refractivity contribution < 1.29 is 9.52 Å². The molecule has 0 amide bonds. The summed E-state index contributed by atoms with van der Waals surface area (Å²) in [6.45, 7) is 3.94. The molecule has 0 saturated carbocycles. The summed E-state index contributed by atoms with van der Waals surface area (Å²) in [6.07, 6.45) is 1.48. The SMILES string of the molecule is CC(C)c1nc(CO)co1. The topological polar surface area (TPSA) is 46.3 Å². The van der Waals surface area contributed by atoms with Crippen molar-refractivity contribution in [2.75, 3.05) is 0 Å². The first-order valence-corrected chi connectivity index (χ1v) is 3.29.